The Bertz CT molecular complexity index is 981. The van der Waals surface area contributed by atoms with Crippen LogP contribution in [0.4, 0.5) is 0 Å². The molecule has 9 heteroatoms. The van der Waals surface area contributed by atoms with Crippen LogP contribution in [0.15, 0.2) is 28.4 Å². The van der Waals surface area contributed by atoms with Gasteiger partial charge < -0.3 is 36.0 Å². The van der Waals surface area contributed by atoms with E-state index in [1.165, 1.54) is 0 Å². The van der Waals surface area contributed by atoms with Crippen LogP contribution in [0, 0.1) is 28.6 Å². The lowest BCUT2D eigenvalue weighted by Crippen LogP contribution is -2.63. The third kappa shape index (κ3) is 3.35. The Hall–Kier alpha value is -1.94. The zero-order chi connectivity index (χ0) is 25.7. The molecular formula is C27H42N4O5. The van der Waals surface area contributed by atoms with Gasteiger partial charge in [-0.2, -0.15) is 0 Å². The van der Waals surface area contributed by atoms with Crippen LogP contribution in [0.3, 0.4) is 0 Å². The SMILES string of the molecule is CN=C(N)N1C=C[C@H](CNCCO)[C@@]2(C1)[C@@H]1CC[C@H]3CCCC[C@H](OC)[C@]4(O)C[C@@]32C(=C4C(=O)O)C1. The number of methoxy groups -OCH3 is 1. The molecule has 7 atom stereocenters. The lowest BCUT2D eigenvalue weighted by molar-refractivity contribution is -0.148. The number of hydrogen-bond donors (Lipinski definition) is 5. The summed E-state index contributed by atoms with van der Waals surface area (Å²) in [5.74, 6) is 0.110. The number of rotatable bonds is 6. The minimum absolute atomic E-state index is 0.0613. The van der Waals surface area contributed by atoms with Gasteiger partial charge in [0.2, 0.25) is 0 Å². The van der Waals surface area contributed by atoms with Gasteiger partial charge in [-0.05, 0) is 61.9 Å². The molecule has 0 radical (unpaired) electrons. The molecule has 1 aliphatic heterocycles. The number of hydrogen-bond acceptors (Lipinski definition) is 6. The lowest BCUT2D eigenvalue weighted by Gasteiger charge is -2.61. The van der Waals surface area contributed by atoms with Gasteiger partial charge in [-0.15, -0.1) is 0 Å². The third-order valence-corrected chi connectivity index (χ3v) is 10.5. The first-order valence-corrected chi connectivity index (χ1v) is 13.5. The first-order valence-electron chi connectivity index (χ1n) is 13.5. The Balaban J connectivity index is 1.75. The summed E-state index contributed by atoms with van der Waals surface area (Å²) >= 11 is 0. The summed E-state index contributed by atoms with van der Waals surface area (Å²) in [6.45, 7) is 1.89. The molecule has 4 aliphatic carbocycles. The van der Waals surface area contributed by atoms with Crippen molar-refractivity contribution in [2.45, 2.75) is 63.1 Å². The van der Waals surface area contributed by atoms with Gasteiger partial charge in [-0.3, -0.25) is 4.99 Å². The van der Waals surface area contributed by atoms with Gasteiger partial charge in [0.05, 0.1) is 18.3 Å². The highest BCUT2D eigenvalue weighted by Crippen LogP contribution is 2.78. The van der Waals surface area contributed by atoms with E-state index < -0.39 is 23.1 Å². The number of ether oxygens (including phenoxy) is 1. The molecule has 5 aliphatic rings. The monoisotopic (exact) mass is 502 g/mol. The Morgan fingerprint density at radius 3 is 2.72 bits per heavy atom. The smallest absolute Gasteiger partial charge is 0.334 e. The minimum Gasteiger partial charge on any atom is -0.478 e. The molecule has 9 nitrogen and oxygen atoms in total. The Morgan fingerprint density at radius 1 is 1.28 bits per heavy atom. The maximum Gasteiger partial charge on any atom is 0.334 e. The van der Waals surface area contributed by atoms with Crippen LogP contribution in [-0.2, 0) is 9.53 Å². The summed E-state index contributed by atoms with van der Waals surface area (Å²) in [4.78, 5) is 19.2. The molecule has 0 unspecified atom stereocenters. The lowest BCUT2D eigenvalue weighted by atomic mass is 9.45. The molecule has 2 spiro atoms. The quantitative estimate of drug-likeness (QED) is 0.209. The van der Waals surface area contributed by atoms with Gasteiger partial charge in [-0.25, -0.2) is 4.79 Å². The maximum atomic E-state index is 12.9. The first kappa shape index (κ1) is 25.7. The van der Waals surface area contributed by atoms with E-state index in [0.29, 0.717) is 50.8 Å². The van der Waals surface area contributed by atoms with Crippen LogP contribution in [0.25, 0.3) is 0 Å². The summed E-state index contributed by atoms with van der Waals surface area (Å²) < 4.78 is 5.85. The topological polar surface area (TPSA) is 141 Å². The zero-order valence-corrected chi connectivity index (χ0v) is 21.6. The molecule has 3 fully saturated rings. The highest BCUT2D eigenvalue weighted by molar-refractivity contribution is 5.92. The average molecular weight is 503 g/mol. The number of allylic oxidation sites excluding steroid dienone is 1. The van der Waals surface area contributed by atoms with Crippen LogP contribution in [-0.4, -0.2) is 84.3 Å². The van der Waals surface area contributed by atoms with E-state index in [4.69, 9.17) is 10.5 Å². The number of carbonyl (C=O) groups is 1. The fourth-order valence-corrected chi connectivity index (χ4v) is 9.27. The summed E-state index contributed by atoms with van der Waals surface area (Å²) in [6, 6.07) is 0. The Morgan fingerprint density at radius 2 is 2.03 bits per heavy atom. The molecular weight excluding hydrogens is 460 g/mol. The molecule has 200 valence electrons. The summed E-state index contributed by atoms with van der Waals surface area (Å²) in [5.41, 5.74) is 5.22. The van der Waals surface area contributed by atoms with Crippen molar-refractivity contribution in [2.75, 3.05) is 40.4 Å². The van der Waals surface area contributed by atoms with Crippen molar-refractivity contribution < 1.29 is 24.9 Å². The van der Waals surface area contributed by atoms with Crippen LogP contribution < -0.4 is 11.1 Å². The number of fused-ring (bicyclic) bond motifs is 1. The fourth-order valence-electron chi connectivity index (χ4n) is 9.27. The van der Waals surface area contributed by atoms with Gasteiger partial charge >= 0.3 is 5.97 Å². The highest BCUT2D eigenvalue weighted by atomic mass is 16.5. The van der Waals surface area contributed by atoms with Gasteiger partial charge in [0.15, 0.2) is 5.96 Å². The molecule has 0 aromatic rings. The number of nitrogens with two attached hydrogens (primary N) is 1. The van der Waals surface area contributed by atoms with Crippen LogP contribution >= 0.6 is 0 Å². The zero-order valence-electron chi connectivity index (χ0n) is 21.6. The molecule has 3 bridgehead atoms. The van der Waals surface area contributed by atoms with E-state index in [0.717, 1.165) is 37.7 Å². The Kier molecular flexibility index (Phi) is 6.72. The van der Waals surface area contributed by atoms with Crippen LogP contribution in [0.1, 0.15) is 51.4 Å². The molecule has 36 heavy (non-hydrogen) atoms. The normalized spacial score (nSPS) is 42.0. The first-order chi connectivity index (χ1) is 17.3. The van der Waals surface area contributed by atoms with E-state index in [-0.39, 0.29) is 29.4 Å². The molecule has 3 saturated carbocycles. The number of aliphatic hydroxyl groups is 2. The van der Waals surface area contributed by atoms with Crippen LogP contribution in [0.2, 0.25) is 0 Å². The average Bonchev–Trinajstić information content (AvgIpc) is 3.22. The predicted octanol–water partition coefficient (Wildman–Crippen LogP) is 1.47. The van der Waals surface area contributed by atoms with Crippen molar-refractivity contribution >= 4 is 11.9 Å². The van der Waals surface area contributed by atoms with Crippen molar-refractivity contribution in [3.8, 4) is 0 Å². The van der Waals surface area contributed by atoms with Crippen molar-refractivity contribution in [1.82, 2.24) is 10.2 Å². The number of guanidine groups is 1. The number of carboxylic acids is 1. The fraction of sp³-hybridized carbons (Fsp3) is 0.778. The second-order valence-electron chi connectivity index (χ2n) is 11.5. The number of aliphatic hydroxyl groups excluding tert-OH is 1. The summed E-state index contributed by atoms with van der Waals surface area (Å²) in [5, 5.41) is 35.7. The molecule has 1 heterocycles. The van der Waals surface area contributed by atoms with E-state index >= 15 is 0 Å². The number of carboxylic acid groups (broad SMARTS) is 1. The Labute approximate surface area is 213 Å². The molecule has 6 N–H and O–H groups in total. The molecule has 0 amide bonds. The largest absolute Gasteiger partial charge is 0.478 e. The van der Waals surface area contributed by atoms with Crippen molar-refractivity contribution in [1.29, 1.82) is 0 Å². The van der Waals surface area contributed by atoms with Crippen molar-refractivity contribution in [3.63, 3.8) is 0 Å². The van der Waals surface area contributed by atoms with E-state index in [2.05, 4.69) is 16.4 Å². The van der Waals surface area contributed by atoms with E-state index in [1.807, 2.05) is 11.1 Å². The van der Waals surface area contributed by atoms with Crippen molar-refractivity contribution in [3.05, 3.63) is 23.4 Å². The standard InChI is InChI=1S/C27H42N4O5/c1-29-24(28)31-11-9-19(14-30-10-12-32)26(16-31)18-8-7-17-5-3-4-6-21(36-2)27(35)15-25(17,26)20(13-18)22(27)23(33)34/h9,11,17-19,21,30,32,35H,3-8,10,12-16H2,1-2H3,(H2,28,29)(H,33,34)/t17-,18-,19-,21+,25+,26-,27-/m1/s1. The van der Waals surface area contributed by atoms with Gasteiger partial charge in [0.1, 0.15) is 5.60 Å². The third-order valence-electron chi connectivity index (χ3n) is 10.5. The molecule has 5 rings (SSSR count). The van der Waals surface area contributed by atoms with Gasteiger partial charge in [-0.1, -0.05) is 18.9 Å². The van der Waals surface area contributed by atoms with E-state index in [9.17, 15) is 20.1 Å². The van der Waals surface area contributed by atoms with Gasteiger partial charge in [0, 0.05) is 50.8 Å². The molecule has 0 saturated heterocycles. The summed E-state index contributed by atoms with van der Waals surface area (Å²) in [6.07, 6.45) is 10.5. The van der Waals surface area contributed by atoms with Gasteiger partial charge in [0.25, 0.3) is 0 Å². The maximum absolute atomic E-state index is 12.9. The number of aliphatic carboxylic acids is 1. The second kappa shape index (κ2) is 9.42. The second-order valence-corrected chi connectivity index (χ2v) is 11.5. The van der Waals surface area contributed by atoms with Crippen molar-refractivity contribution in [2.24, 2.45) is 39.3 Å². The highest BCUT2D eigenvalue weighted by Gasteiger charge is 2.76. The predicted molar refractivity (Wildman–Crippen MR) is 136 cm³/mol. The number of nitrogens with zero attached hydrogens (tertiary/aromatic N) is 2. The van der Waals surface area contributed by atoms with E-state index in [1.54, 1.807) is 14.2 Å². The number of nitrogens with one attached hydrogen (secondary N) is 1. The molecule has 0 aromatic heterocycles. The summed E-state index contributed by atoms with van der Waals surface area (Å²) in [7, 11) is 3.29. The minimum atomic E-state index is -1.52. The number of aliphatic imine (C=N–C) groups is 1. The van der Waals surface area contributed by atoms with Crippen LogP contribution in [0.5, 0.6) is 0 Å². The molecule has 0 aromatic carbocycles.